The molecule has 0 bridgehead atoms. The van der Waals surface area contributed by atoms with Gasteiger partial charge in [0.1, 0.15) is 0 Å². The van der Waals surface area contributed by atoms with Crippen LogP contribution in [0, 0.1) is 17.8 Å². The smallest absolute Gasteiger partial charge is 0.0295 e. The lowest BCUT2D eigenvalue weighted by Crippen LogP contribution is -2.03. The second-order valence-corrected chi connectivity index (χ2v) is 10.3. The molecule has 0 heterocycles. The van der Waals surface area contributed by atoms with Gasteiger partial charge in [0.25, 0.3) is 0 Å². The SMILES string of the molecule is C=C(CC)CC(CC)CCCCCCCC(CC)CCCC(CC)CCCCCC. The number of unbranched alkanes of at least 4 members (excludes halogenated alkanes) is 7. The molecule has 0 heteroatoms. The fraction of sp³-hybridized carbons (Fsp3) is 0.933. The molecular weight excluding hydrogens is 360 g/mol. The normalized spacial score (nSPS) is 14.6. The Kier molecular flexibility index (Phi) is 21.8. The fourth-order valence-corrected chi connectivity index (χ4v) is 5.06. The van der Waals surface area contributed by atoms with E-state index in [2.05, 4.69) is 41.2 Å². The van der Waals surface area contributed by atoms with E-state index in [0.717, 1.165) is 24.2 Å². The third-order valence-electron chi connectivity index (χ3n) is 7.72. The van der Waals surface area contributed by atoms with Crippen LogP contribution in [-0.2, 0) is 0 Å². The molecule has 3 atom stereocenters. The second-order valence-electron chi connectivity index (χ2n) is 10.3. The van der Waals surface area contributed by atoms with E-state index in [1.807, 2.05) is 0 Å². The first-order valence-corrected chi connectivity index (χ1v) is 14.3. The molecule has 0 aromatic heterocycles. The molecule has 180 valence electrons. The number of hydrogen-bond donors (Lipinski definition) is 0. The zero-order chi connectivity index (χ0) is 22.5. The van der Waals surface area contributed by atoms with Crippen molar-refractivity contribution in [1.29, 1.82) is 0 Å². The third kappa shape index (κ3) is 17.4. The summed E-state index contributed by atoms with van der Waals surface area (Å²) in [5, 5.41) is 0. The molecule has 0 N–H and O–H groups in total. The minimum Gasteiger partial charge on any atom is -0.0999 e. The van der Waals surface area contributed by atoms with Crippen molar-refractivity contribution in [3.05, 3.63) is 12.2 Å². The molecule has 0 nitrogen and oxygen atoms in total. The van der Waals surface area contributed by atoms with Crippen LogP contribution in [-0.4, -0.2) is 0 Å². The monoisotopic (exact) mass is 420 g/mol. The Morgan fingerprint density at radius 3 is 1.33 bits per heavy atom. The maximum absolute atomic E-state index is 4.21. The maximum atomic E-state index is 4.21. The summed E-state index contributed by atoms with van der Waals surface area (Å²) in [4.78, 5) is 0. The molecule has 0 aromatic carbocycles. The van der Waals surface area contributed by atoms with Crippen molar-refractivity contribution in [2.75, 3.05) is 0 Å². The highest BCUT2D eigenvalue weighted by atomic mass is 14.2. The van der Waals surface area contributed by atoms with Gasteiger partial charge in [-0.25, -0.2) is 0 Å². The molecule has 0 aliphatic rings. The van der Waals surface area contributed by atoms with E-state index in [9.17, 15) is 0 Å². The van der Waals surface area contributed by atoms with Gasteiger partial charge in [-0.2, -0.15) is 0 Å². The Morgan fingerprint density at radius 1 is 0.500 bits per heavy atom. The topological polar surface area (TPSA) is 0 Å². The lowest BCUT2D eigenvalue weighted by Gasteiger charge is -2.18. The van der Waals surface area contributed by atoms with Gasteiger partial charge in [-0.05, 0) is 30.6 Å². The number of rotatable bonds is 23. The highest BCUT2D eigenvalue weighted by Gasteiger charge is 2.10. The summed E-state index contributed by atoms with van der Waals surface area (Å²) >= 11 is 0. The molecule has 0 fully saturated rings. The van der Waals surface area contributed by atoms with Gasteiger partial charge in [0.05, 0.1) is 0 Å². The van der Waals surface area contributed by atoms with Crippen LogP contribution in [0.25, 0.3) is 0 Å². The average molecular weight is 421 g/mol. The molecule has 0 aliphatic carbocycles. The minimum absolute atomic E-state index is 0.889. The van der Waals surface area contributed by atoms with Crippen molar-refractivity contribution in [3.63, 3.8) is 0 Å². The average Bonchev–Trinajstić information content (AvgIpc) is 2.77. The van der Waals surface area contributed by atoms with Gasteiger partial charge in [0.15, 0.2) is 0 Å². The Morgan fingerprint density at radius 2 is 0.900 bits per heavy atom. The predicted molar refractivity (Wildman–Crippen MR) is 140 cm³/mol. The fourth-order valence-electron chi connectivity index (χ4n) is 5.06. The van der Waals surface area contributed by atoms with E-state index >= 15 is 0 Å². The second kappa shape index (κ2) is 22.0. The first-order chi connectivity index (χ1) is 14.6. The van der Waals surface area contributed by atoms with Crippen molar-refractivity contribution < 1.29 is 0 Å². The Labute approximate surface area is 193 Å². The van der Waals surface area contributed by atoms with Crippen molar-refractivity contribution in [3.8, 4) is 0 Å². The van der Waals surface area contributed by atoms with Gasteiger partial charge in [0, 0.05) is 0 Å². The molecule has 30 heavy (non-hydrogen) atoms. The maximum Gasteiger partial charge on any atom is -0.0295 e. The first kappa shape index (κ1) is 29.7. The van der Waals surface area contributed by atoms with E-state index in [1.165, 1.54) is 128 Å². The van der Waals surface area contributed by atoms with Crippen LogP contribution in [0.1, 0.15) is 163 Å². The molecule has 0 radical (unpaired) electrons. The number of hydrogen-bond acceptors (Lipinski definition) is 0. The zero-order valence-electron chi connectivity index (χ0n) is 22.1. The highest BCUT2D eigenvalue weighted by molar-refractivity contribution is 4.94. The summed E-state index contributed by atoms with van der Waals surface area (Å²) < 4.78 is 0. The van der Waals surface area contributed by atoms with Crippen LogP contribution in [0.3, 0.4) is 0 Å². The molecule has 0 spiro atoms. The van der Waals surface area contributed by atoms with E-state index in [0.29, 0.717) is 0 Å². The van der Waals surface area contributed by atoms with Crippen molar-refractivity contribution >= 4 is 0 Å². The predicted octanol–water partition coefficient (Wildman–Crippen LogP) is 11.3. The van der Waals surface area contributed by atoms with Gasteiger partial charge in [-0.1, -0.05) is 162 Å². The van der Waals surface area contributed by atoms with Crippen LogP contribution in [0.2, 0.25) is 0 Å². The largest absolute Gasteiger partial charge is 0.0999 e. The van der Waals surface area contributed by atoms with Gasteiger partial charge >= 0.3 is 0 Å². The standard InChI is InChI=1S/C30H60/c1-7-12-13-17-21-28(9-3)24-20-25-29(10-4)22-18-15-14-16-19-23-30(11-5)26-27(6)8-2/h28-30H,6-26H2,1-5H3. The molecule has 0 saturated carbocycles. The summed E-state index contributed by atoms with van der Waals surface area (Å²) in [5.74, 6) is 2.88. The summed E-state index contributed by atoms with van der Waals surface area (Å²) in [6.07, 6.45) is 28.4. The van der Waals surface area contributed by atoms with E-state index in [4.69, 9.17) is 0 Å². The number of allylic oxidation sites excluding steroid dienone is 1. The lowest BCUT2D eigenvalue weighted by atomic mass is 9.88. The van der Waals surface area contributed by atoms with Crippen molar-refractivity contribution in [2.45, 2.75) is 163 Å². The van der Waals surface area contributed by atoms with E-state index < -0.39 is 0 Å². The molecule has 0 rings (SSSR count). The Bertz CT molecular complexity index is 355. The molecule has 0 saturated heterocycles. The van der Waals surface area contributed by atoms with Crippen LogP contribution < -0.4 is 0 Å². The van der Waals surface area contributed by atoms with Gasteiger partial charge < -0.3 is 0 Å². The molecule has 0 aromatic rings. The molecule has 0 aliphatic heterocycles. The molecule has 0 amide bonds. The van der Waals surface area contributed by atoms with Gasteiger partial charge in [-0.15, -0.1) is 0 Å². The molecular formula is C30H60. The van der Waals surface area contributed by atoms with Crippen molar-refractivity contribution in [1.82, 2.24) is 0 Å². The lowest BCUT2D eigenvalue weighted by molar-refractivity contribution is 0.350. The Balaban J connectivity index is 3.74. The van der Waals surface area contributed by atoms with E-state index in [-0.39, 0.29) is 0 Å². The summed E-state index contributed by atoms with van der Waals surface area (Å²) in [5.41, 5.74) is 1.45. The quantitative estimate of drug-likeness (QED) is 0.114. The van der Waals surface area contributed by atoms with Crippen LogP contribution >= 0.6 is 0 Å². The van der Waals surface area contributed by atoms with Gasteiger partial charge in [0.2, 0.25) is 0 Å². The van der Waals surface area contributed by atoms with E-state index in [1.54, 1.807) is 0 Å². The van der Waals surface area contributed by atoms with Crippen LogP contribution in [0.5, 0.6) is 0 Å². The van der Waals surface area contributed by atoms with Gasteiger partial charge in [-0.3, -0.25) is 0 Å². The molecule has 3 unspecified atom stereocenters. The van der Waals surface area contributed by atoms with Crippen molar-refractivity contribution in [2.24, 2.45) is 17.8 Å². The van der Waals surface area contributed by atoms with Crippen LogP contribution in [0.15, 0.2) is 12.2 Å². The third-order valence-corrected chi connectivity index (χ3v) is 7.72. The summed E-state index contributed by atoms with van der Waals surface area (Å²) in [6.45, 7) is 16.0. The summed E-state index contributed by atoms with van der Waals surface area (Å²) in [7, 11) is 0. The Hall–Kier alpha value is -0.260. The zero-order valence-corrected chi connectivity index (χ0v) is 22.1. The highest BCUT2D eigenvalue weighted by Crippen LogP contribution is 2.26. The minimum atomic E-state index is 0.889. The first-order valence-electron chi connectivity index (χ1n) is 14.3. The summed E-state index contributed by atoms with van der Waals surface area (Å²) in [6, 6.07) is 0. The van der Waals surface area contributed by atoms with Crippen LogP contribution in [0.4, 0.5) is 0 Å².